The monoisotopic (exact) mass is 456 g/mol. The molecule has 6 nitrogen and oxygen atoms in total. The van der Waals surface area contributed by atoms with Crippen LogP contribution in [0.5, 0.6) is 0 Å². The molecule has 9 heteroatoms. The summed E-state index contributed by atoms with van der Waals surface area (Å²) in [5, 5.41) is 6.41. The first-order chi connectivity index (χ1) is 15.9. The van der Waals surface area contributed by atoms with Gasteiger partial charge in [-0.05, 0) is 74.4 Å². The number of nitrogens with one attached hydrogen (secondary N) is 2. The smallest absolute Gasteiger partial charge is 0.324 e. The summed E-state index contributed by atoms with van der Waals surface area (Å²) in [6.45, 7) is 4.00. The lowest BCUT2D eigenvalue weighted by Crippen LogP contribution is -2.26. The summed E-state index contributed by atoms with van der Waals surface area (Å²) in [6.07, 6.45) is 2.81. The van der Waals surface area contributed by atoms with E-state index in [0.717, 1.165) is 49.1 Å². The molecule has 0 radical (unpaired) electrons. The van der Waals surface area contributed by atoms with E-state index in [2.05, 4.69) is 42.7 Å². The Kier molecular flexibility index (Phi) is 7.17. The van der Waals surface area contributed by atoms with Gasteiger partial charge < -0.3 is 10.6 Å². The van der Waals surface area contributed by atoms with Gasteiger partial charge in [-0.25, -0.2) is 19.9 Å². The fourth-order valence-corrected chi connectivity index (χ4v) is 4.17. The number of aromatic nitrogens is 4. The predicted molar refractivity (Wildman–Crippen MR) is 120 cm³/mol. The van der Waals surface area contributed by atoms with Crippen molar-refractivity contribution >= 4 is 11.6 Å². The molecule has 2 N–H and O–H groups in total. The Bertz CT molecular complexity index is 1060. The van der Waals surface area contributed by atoms with Crippen molar-refractivity contribution in [3.8, 4) is 0 Å². The molecule has 0 amide bonds. The topological polar surface area (TPSA) is 75.6 Å². The Morgan fingerprint density at radius 1 is 1.00 bits per heavy atom. The van der Waals surface area contributed by atoms with Crippen LogP contribution >= 0.6 is 0 Å². The third-order valence-electron chi connectivity index (χ3n) is 6.01. The van der Waals surface area contributed by atoms with Crippen LogP contribution in [0.25, 0.3) is 0 Å². The van der Waals surface area contributed by atoms with E-state index in [1.54, 1.807) is 6.20 Å². The van der Waals surface area contributed by atoms with E-state index in [1.807, 2.05) is 19.1 Å². The zero-order chi connectivity index (χ0) is 23.3. The minimum absolute atomic E-state index is 0.0491. The average molecular weight is 457 g/mol. The predicted octanol–water partition coefficient (Wildman–Crippen LogP) is 4.84. The molecular formula is C24H27F3N6. The van der Waals surface area contributed by atoms with E-state index in [9.17, 15) is 13.2 Å². The highest BCUT2D eigenvalue weighted by molar-refractivity contribution is 5.54. The van der Waals surface area contributed by atoms with Gasteiger partial charge in [0.05, 0.1) is 11.3 Å². The Balaban J connectivity index is 1.51. The average Bonchev–Trinajstić information content (AvgIpc) is 2.83. The molecule has 1 aliphatic heterocycles. The Morgan fingerprint density at radius 2 is 1.73 bits per heavy atom. The van der Waals surface area contributed by atoms with Crippen LogP contribution in [0.1, 0.15) is 53.8 Å². The number of alkyl halides is 3. The largest absolute Gasteiger partial charge is 0.419 e. The molecule has 2 aromatic heterocycles. The van der Waals surface area contributed by atoms with Crippen LogP contribution in [0, 0.1) is 0 Å². The Morgan fingerprint density at radius 3 is 2.42 bits per heavy atom. The summed E-state index contributed by atoms with van der Waals surface area (Å²) in [5.74, 6) is 0.676. The second kappa shape index (κ2) is 10.2. The van der Waals surface area contributed by atoms with E-state index in [-0.39, 0.29) is 18.1 Å². The van der Waals surface area contributed by atoms with Gasteiger partial charge in [0.25, 0.3) is 0 Å². The standard InChI is InChI=1S/C24H27F3N6/c1-2-16-13-29-15-31-21(16)7-8-22-20(24(25,26)27)14-30-23(33-22)32-19-5-3-17(4-6-19)18-9-11-28-12-10-18/h3-6,13-15,18,28H,2,7-12H2,1H3,(H,30,32,33). The van der Waals surface area contributed by atoms with E-state index >= 15 is 0 Å². The van der Waals surface area contributed by atoms with Crippen molar-refractivity contribution in [3.63, 3.8) is 0 Å². The molecule has 0 atom stereocenters. The normalized spacial score (nSPS) is 14.9. The minimum atomic E-state index is -4.52. The van der Waals surface area contributed by atoms with Crippen LogP contribution < -0.4 is 10.6 Å². The molecule has 0 bridgehead atoms. The lowest BCUT2D eigenvalue weighted by molar-refractivity contribution is -0.138. The van der Waals surface area contributed by atoms with Crippen molar-refractivity contribution in [2.45, 2.75) is 51.1 Å². The number of aryl methyl sites for hydroxylation is 3. The summed E-state index contributed by atoms with van der Waals surface area (Å²) in [6, 6.07) is 7.97. The van der Waals surface area contributed by atoms with Crippen LogP contribution in [0.15, 0.2) is 43.0 Å². The lowest BCUT2D eigenvalue weighted by Gasteiger charge is -2.23. The maximum atomic E-state index is 13.6. The third-order valence-corrected chi connectivity index (χ3v) is 6.01. The molecule has 33 heavy (non-hydrogen) atoms. The Labute approximate surface area is 191 Å². The van der Waals surface area contributed by atoms with Crippen LogP contribution in [0.3, 0.4) is 0 Å². The number of nitrogens with zero attached hydrogens (tertiary/aromatic N) is 4. The van der Waals surface area contributed by atoms with Crippen LogP contribution in [0.4, 0.5) is 24.8 Å². The van der Waals surface area contributed by atoms with E-state index in [0.29, 0.717) is 18.8 Å². The van der Waals surface area contributed by atoms with Crippen molar-refractivity contribution in [2.75, 3.05) is 18.4 Å². The maximum Gasteiger partial charge on any atom is 0.419 e. The number of anilines is 2. The van der Waals surface area contributed by atoms with Gasteiger partial charge in [0.2, 0.25) is 5.95 Å². The van der Waals surface area contributed by atoms with Crippen LogP contribution in [0.2, 0.25) is 0 Å². The van der Waals surface area contributed by atoms with Crippen molar-refractivity contribution in [2.24, 2.45) is 0 Å². The quantitative estimate of drug-likeness (QED) is 0.530. The lowest BCUT2D eigenvalue weighted by atomic mass is 9.90. The Hall–Kier alpha value is -3.07. The molecule has 1 aliphatic rings. The second-order valence-electron chi connectivity index (χ2n) is 8.17. The molecule has 1 saturated heterocycles. The first-order valence-corrected chi connectivity index (χ1v) is 11.2. The van der Waals surface area contributed by atoms with Crippen LogP contribution in [-0.2, 0) is 25.4 Å². The number of rotatable bonds is 7. The summed E-state index contributed by atoms with van der Waals surface area (Å²) < 4.78 is 40.7. The van der Waals surface area contributed by atoms with Crippen molar-refractivity contribution in [3.05, 3.63) is 71.1 Å². The van der Waals surface area contributed by atoms with Gasteiger partial charge in [0.1, 0.15) is 6.33 Å². The summed E-state index contributed by atoms with van der Waals surface area (Å²) in [7, 11) is 0. The van der Waals surface area contributed by atoms with Gasteiger partial charge in [0, 0.05) is 23.8 Å². The molecule has 0 saturated carbocycles. The second-order valence-corrected chi connectivity index (χ2v) is 8.17. The molecule has 0 aliphatic carbocycles. The van der Waals surface area contributed by atoms with Crippen molar-refractivity contribution in [1.29, 1.82) is 0 Å². The van der Waals surface area contributed by atoms with Gasteiger partial charge in [-0.15, -0.1) is 0 Å². The number of piperidine rings is 1. The summed E-state index contributed by atoms with van der Waals surface area (Å²) in [4.78, 5) is 16.4. The van der Waals surface area contributed by atoms with Gasteiger partial charge in [0.15, 0.2) is 0 Å². The number of benzene rings is 1. The highest BCUT2D eigenvalue weighted by Crippen LogP contribution is 2.32. The molecule has 0 unspecified atom stereocenters. The van der Waals surface area contributed by atoms with E-state index in [1.165, 1.54) is 11.9 Å². The molecule has 1 fully saturated rings. The molecule has 0 spiro atoms. The summed E-state index contributed by atoms with van der Waals surface area (Å²) >= 11 is 0. The van der Waals surface area contributed by atoms with Gasteiger partial charge in [-0.3, -0.25) is 0 Å². The fourth-order valence-electron chi connectivity index (χ4n) is 4.17. The van der Waals surface area contributed by atoms with Crippen molar-refractivity contribution < 1.29 is 13.2 Å². The highest BCUT2D eigenvalue weighted by atomic mass is 19.4. The first kappa shape index (κ1) is 23.1. The number of hydrogen-bond acceptors (Lipinski definition) is 6. The van der Waals surface area contributed by atoms with Gasteiger partial charge in [-0.2, -0.15) is 13.2 Å². The molecule has 1 aromatic carbocycles. The zero-order valence-corrected chi connectivity index (χ0v) is 18.5. The molecule has 174 valence electrons. The van der Waals surface area contributed by atoms with Crippen LogP contribution in [-0.4, -0.2) is 33.0 Å². The first-order valence-electron chi connectivity index (χ1n) is 11.2. The van der Waals surface area contributed by atoms with Crippen molar-refractivity contribution in [1.82, 2.24) is 25.3 Å². The number of hydrogen-bond donors (Lipinski definition) is 2. The molecule has 3 aromatic rings. The zero-order valence-electron chi connectivity index (χ0n) is 18.5. The van der Waals surface area contributed by atoms with E-state index < -0.39 is 11.7 Å². The van der Waals surface area contributed by atoms with Gasteiger partial charge >= 0.3 is 6.18 Å². The maximum absolute atomic E-state index is 13.6. The fraction of sp³-hybridized carbons (Fsp3) is 0.417. The molecular weight excluding hydrogens is 429 g/mol. The molecule has 4 rings (SSSR count). The highest BCUT2D eigenvalue weighted by Gasteiger charge is 2.35. The minimum Gasteiger partial charge on any atom is -0.324 e. The third kappa shape index (κ3) is 5.84. The number of halogens is 3. The summed E-state index contributed by atoms with van der Waals surface area (Å²) in [5.41, 5.74) is 2.80. The van der Waals surface area contributed by atoms with Gasteiger partial charge in [-0.1, -0.05) is 19.1 Å². The SMILES string of the molecule is CCc1cncnc1CCc1nc(Nc2ccc(C3CCNCC3)cc2)ncc1C(F)(F)F. The van der Waals surface area contributed by atoms with E-state index in [4.69, 9.17) is 0 Å². The molecule has 3 heterocycles.